The molecule has 10 nitrogen and oxygen atoms in total. The average molecular weight is 647 g/mol. The van der Waals surface area contributed by atoms with E-state index >= 15 is 0 Å². The molecule has 5 aliphatic rings. The minimum atomic E-state index is -0.544. The number of Topliss-reactive ketones (excluding diaryl/α,β-unsaturated/α-hetero) is 1. The van der Waals surface area contributed by atoms with Crippen LogP contribution < -0.4 is 0 Å². The second-order valence-electron chi connectivity index (χ2n) is 11.5. The standard InChI is InChI=1S/C16H22O4.C9H12O.C6H12O2.C4H8O.CO2/c1-4-10-7-11-9-13(12(11)8-10)14(15(17)19-5-2)16(18)20-6-3;1-2-6-3-7-5-9(10)8(7)4-6;1-3-5-6(7)8-4-2;1-2-4-5-3-1;2-1-3/h8,11-12H,4-7,9H2,1-3H3;4,7-8H,2-3,5H2,1H3;3-5H2,1-2H3;1-4H2;/t11-,12-;7-,8-;;;/m11.../s1. The lowest BCUT2D eigenvalue weighted by Crippen LogP contribution is -2.32. The Morgan fingerprint density at radius 2 is 1.22 bits per heavy atom. The van der Waals surface area contributed by atoms with Gasteiger partial charge in [-0.3, -0.25) is 9.59 Å². The Balaban J connectivity index is 0.000000337. The molecule has 0 aromatic heterocycles. The van der Waals surface area contributed by atoms with Crippen molar-refractivity contribution in [2.75, 3.05) is 33.0 Å². The third-order valence-electron chi connectivity index (χ3n) is 8.39. The van der Waals surface area contributed by atoms with E-state index in [1.54, 1.807) is 13.8 Å². The van der Waals surface area contributed by atoms with E-state index in [0.29, 0.717) is 36.6 Å². The van der Waals surface area contributed by atoms with Crippen LogP contribution in [-0.4, -0.2) is 62.9 Å². The highest BCUT2D eigenvalue weighted by atomic mass is 16.6. The molecule has 0 aromatic carbocycles. The van der Waals surface area contributed by atoms with Crippen molar-refractivity contribution >= 4 is 29.8 Å². The monoisotopic (exact) mass is 646 g/mol. The van der Waals surface area contributed by atoms with E-state index in [0.717, 1.165) is 57.3 Å². The quantitative estimate of drug-likeness (QED) is 0.0702. The van der Waals surface area contributed by atoms with Crippen LogP contribution in [0.5, 0.6) is 0 Å². The predicted molar refractivity (Wildman–Crippen MR) is 171 cm³/mol. The molecule has 0 N–H and O–H groups in total. The number of fused-ring (bicyclic) bond motifs is 2. The average Bonchev–Trinajstić information content (AvgIpc) is 3.78. The maximum atomic E-state index is 12.0. The predicted octanol–water partition coefficient (Wildman–Crippen LogP) is 6.28. The number of hydrogen-bond acceptors (Lipinski definition) is 10. The molecule has 0 spiro atoms. The van der Waals surface area contributed by atoms with Crippen LogP contribution in [0.1, 0.15) is 106 Å². The Morgan fingerprint density at radius 3 is 1.59 bits per heavy atom. The fourth-order valence-electron chi connectivity index (χ4n) is 5.97. The van der Waals surface area contributed by atoms with Crippen molar-refractivity contribution in [1.29, 1.82) is 0 Å². The van der Waals surface area contributed by atoms with Crippen LogP contribution in [0.15, 0.2) is 34.4 Å². The van der Waals surface area contributed by atoms with Gasteiger partial charge in [0.25, 0.3) is 0 Å². The Labute approximate surface area is 274 Å². The summed E-state index contributed by atoms with van der Waals surface area (Å²) in [5.41, 5.74) is 3.95. The molecule has 4 atom stereocenters. The summed E-state index contributed by atoms with van der Waals surface area (Å²) in [5.74, 6) is 1.13. The number of carbonyl (C=O) groups excluding carboxylic acids is 6. The van der Waals surface area contributed by atoms with Crippen molar-refractivity contribution in [3.8, 4) is 0 Å². The van der Waals surface area contributed by atoms with Crippen LogP contribution in [0.25, 0.3) is 0 Å². The van der Waals surface area contributed by atoms with E-state index in [1.165, 1.54) is 30.4 Å². The van der Waals surface area contributed by atoms with E-state index in [4.69, 9.17) is 23.8 Å². The van der Waals surface area contributed by atoms with Crippen molar-refractivity contribution in [3.05, 3.63) is 34.4 Å². The number of hydrogen-bond donors (Lipinski definition) is 0. The fourth-order valence-corrected chi connectivity index (χ4v) is 5.97. The lowest BCUT2D eigenvalue weighted by molar-refractivity contribution is -0.191. The normalized spacial score (nSPS) is 22.6. The van der Waals surface area contributed by atoms with E-state index in [-0.39, 0.29) is 36.8 Å². The van der Waals surface area contributed by atoms with Gasteiger partial charge in [0.2, 0.25) is 0 Å². The number of allylic oxidation sites excluding steroid dienone is 5. The Bertz CT molecular complexity index is 1090. The summed E-state index contributed by atoms with van der Waals surface area (Å²) < 4.78 is 19.6. The van der Waals surface area contributed by atoms with Gasteiger partial charge in [0, 0.05) is 37.9 Å². The van der Waals surface area contributed by atoms with Crippen LogP contribution in [0, 0.1) is 23.7 Å². The maximum absolute atomic E-state index is 12.0. The highest BCUT2D eigenvalue weighted by Gasteiger charge is 2.44. The molecule has 2 saturated carbocycles. The molecule has 0 aromatic rings. The lowest BCUT2D eigenvalue weighted by atomic mass is 9.69. The van der Waals surface area contributed by atoms with E-state index in [1.807, 2.05) is 13.8 Å². The third-order valence-corrected chi connectivity index (χ3v) is 8.39. The third kappa shape index (κ3) is 13.2. The van der Waals surface area contributed by atoms with Crippen LogP contribution in [-0.2, 0) is 47.7 Å². The first-order chi connectivity index (χ1) is 22.1. The van der Waals surface area contributed by atoms with E-state index < -0.39 is 11.9 Å². The number of rotatable bonds is 9. The van der Waals surface area contributed by atoms with Gasteiger partial charge in [0.1, 0.15) is 11.4 Å². The molecular weight excluding hydrogens is 592 g/mol. The first kappa shape index (κ1) is 40.7. The molecule has 46 heavy (non-hydrogen) atoms. The van der Waals surface area contributed by atoms with Gasteiger partial charge in [-0.2, -0.15) is 9.59 Å². The summed E-state index contributed by atoms with van der Waals surface area (Å²) in [6.45, 7) is 14.6. The van der Waals surface area contributed by atoms with Gasteiger partial charge in [-0.05, 0) is 89.5 Å². The van der Waals surface area contributed by atoms with Crippen molar-refractivity contribution in [2.45, 2.75) is 106 Å². The Kier molecular flexibility index (Phi) is 20.4. The first-order valence-electron chi connectivity index (χ1n) is 16.9. The molecule has 0 unspecified atom stereocenters. The summed E-state index contributed by atoms with van der Waals surface area (Å²) >= 11 is 0. The molecule has 4 aliphatic carbocycles. The molecule has 1 saturated heterocycles. The zero-order valence-corrected chi connectivity index (χ0v) is 28.7. The first-order valence-corrected chi connectivity index (χ1v) is 16.9. The highest BCUT2D eigenvalue weighted by Crippen LogP contribution is 2.51. The van der Waals surface area contributed by atoms with Crippen LogP contribution >= 0.6 is 0 Å². The smallest absolute Gasteiger partial charge is 0.373 e. The van der Waals surface area contributed by atoms with Gasteiger partial charge in [0.15, 0.2) is 0 Å². The van der Waals surface area contributed by atoms with E-state index in [9.17, 15) is 19.2 Å². The van der Waals surface area contributed by atoms with Crippen LogP contribution in [0.4, 0.5) is 0 Å². The summed E-state index contributed by atoms with van der Waals surface area (Å²) in [7, 11) is 0. The number of esters is 3. The van der Waals surface area contributed by atoms with Gasteiger partial charge in [0.05, 0.1) is 19.8 Å². The van der Waals surface area contributed by atoms with Crippen molar-refractivity contribution < 1.29 is 47.7 Å². The number of carbonyl (C=O) groups is 4. The van der Waals surface area contributed by atoms with Gasteiger partial charge in [-0.25, -0.2) is 9.59 Å². The molecule has 0 bridgehead atoms. The lowest BCUT2D eigenvalue weighted by Gasteiger charge is -2.35. The molecule has 1 heterocycles. The molecule has 3 fully saturated rings. The topological polar surface area (TPSA) is 139 Å². The second kappa shape index (κ2) is 23.0. The minimum absolute atomic E-state index is 0.0880. The number of ketones is 1. The zero-order chi connectivity index (χ0) is 34.5. The Morgan fingerprint density at radius 1 is 0.739 bits per heavy atom. The molecule has 1 aliphatic heterocycles. The summed E-state index contributed by atoms with van der Waals surface area (Å²) in [6.07, 6.45) is 14.7. The maximum Gasteiger partial charge on any atom is 0.373 e. The van der Waals surface area contributed by atoms with Crippen molar-refractivity contribution in [3.63, 3.8) is 0 Å². The minimum Gasteiger partial charge on any atom is -0.466 e. The SMILES string of the molecule is C1CCOC1.CCC1=C[C@H]2C(=O)C[C@H]2C1.CCCC(=O)OCC.CCOC(=O)C(C(=O)OCC)=C1C[C@H]2CC(CC)=C[C@@H]12.O=C=O. The van der Waals surface area contributed by atoms with Gasteiger partial charge in [-0.15, -0.1) is 0 Å². The molecule has 5 rings (SSSR count). The van der Waals surface area contributed by atoms with Gasteiger partial charge >= 0.3 is 24.1 Å². The molecule has 10 heteroatoms. The van der Waals surface area contributed by atoms with Crippen molar-refractivity contribution in [1.82, 2.24) is 0 Å². The van der Waals surface area contributed by atoms with Crippen LogP contribution in [0.3, 0.4) is 0 Å². The van der Waals surface area contributed by atoms with E-state index in [2.05, 4.69) is 30.7 Å². The number of ether oxygens (including phenoxy) is 4. The summed E-state index contributed by atoms with van der Waals surface area (Å²) in [6, 6.07) is 0. The molecule has 258 valence electrons. The highest BCUT2D eigenvalue weighted by molar-refractivity contribution is 6.15. The van der Waals surface area contributed by atoms with Gasteiger partial charge in [-0.1, -0.05) is 44.1 Å². The molecule has 0 amide bonds. The van der Waals surface area contributed by atoms with Crippen LogP contribution in [0.2, 0.25) is 0 Å². The largest absolute Gasteiger partial charge is 0.466 e. The van der Waals surface area contributed by atoms with Crippen molar-refractivity contribution in [2.24, 2.45) is 23.7 Å². The second-order valence-corrected chi connectivity index (χ2v) is 11.5. The summed E-state index contributed by atoms with van der Waals surface area (Å²) in [4.78, 5) is 61.7. The molecular formula is C36H54O10. The fraction of sp³-hybridized carbons (Fsp3) is 0.694. The molecule has 0 radical (unpaired) electrons. The summed E-state index contributed by atoms with van der Waals surface area (Å²) in [5, 5.41) is 0. The zero-order valence-electron chi connectivity index (χ0n) is 28.7. The van der Waals surface area contributed by atoms with Gasteiger partial charge < -0.3 is 18.9 Å². The Hall–Kier alpha value is -3.36.